The van der Waals surface area contributed by atoms with Gasteiger partial charge in [0.05, 0.1) is 18.8 Å². The van der Waals surface area contributed by atoms with Gasteiger partial charge in [0.1, 0.15) is 0 Å². The van der Waals surface area contributed by atoms with Crippen molar-refractivity contribution in [2.75, 3.05) is 32.7 Å². The molecule has 3 N–H and O–H groups in total. The van der Waals surface area contributed by atoms with Crippen molar-refractivity contribution in [3.63, 3.8) is 0 Å². The minimum absolute atomic E-state index is 0.00690. The summed E-state index contributed by atoms with van der Waals surface area (Å²) >= 11 is 0. The van der Waals surface area contributed by atoms with Crippen LogP contribution in [0, 0.1) is 0 Å². The average Bonchev–Trinajstić information content (AvgIpc) is 3.18. The van der Waals surface area contributed by atoms with Crippen LogP contribution in [0.25, 0.3) is 11.1 Å². The predicted molar refractivity (Wildman–Crippen MR) is 201 cm³/mol. The Morgan fingerprint density at radius 1 is 0.692 bits per heavy atom. The normalized spacial score (nSPS) is 19.7. The van der Waals surface area contributed by atoms with E-state index in [1.807, 2.05) is 30.3 Å². The largest absolute Gasteiger partial charge is 0.481 e. The third-order valence-electron chi connectivity index (χ3n) is 9.99. The van der Waals surface area contributed by atoms with E-state index in [-0.39, 0.29) is 31.1 Å². The maximum atomic E-state index is 12.4. The molecule has 0 aliphatic carbocycles. The Balaban J connectivity index is 1.10. The lowest BCUT2D eigenvalue weighted by molar-refractivity contribution is -0.253. The monoisotopic (exact) mass is 705 g/mol. The van der Waals surface area contributed by atoms with Gasteiger partial charge in [-0.15, -0.1) is 0 Å². The molecule has 52 heavy (non-hydrogen) atoms. The zero-order valence-corrected chi connectivity index (χ0v) is 29.9. The van der Waals surface area contributed by atoms with E-state index >= 15 is 0 Å². The maximum Gasteiger partial charge on any atom is 0.303 e. The number of aliphatic hydroxyl groups excluding tert-OH is 1. The van der Waals surface area contributed by atoms with Gasteiger partial charge in [-0.25, -0.2) is 0 Å². The second kappa shape index (κ2) is 18.9. The number of carbonyl (C=O) groups excluding carboxylic acids is 1. The number of aliphatic carboxylic acids is 1. The number of piperazine rings is 1. The molecule has 2 aliphatic rings. The van der Waals surface area contributed by atoms with Crippen molar-refractivity contribution in [2.24, 2.45) is 0 Å². The minimum Gasteiger partial charge on any atom is -0.481 e. The number of benzene rings is 4. The number of unbranched alkanes of at least 4 members (excludes halogenated alkanes) is 2. The van der Waals surface area contributed by atoms with E-state index in [0.717, 1.165) is 85.5 Å². The van der Waals surface area contributed by atoms with Crippen molar-refractivity contribution in [1.82, 2.24) is 15.1 Å². The Morgan fingerprint density at radius 2 is 1.38 bits per heavy atom. The van der Waals surface area contributed by atoms with E-state index in [1.54, 1.807) is 0 Å². The van der Waals surface area contributed by atoms with Crippen LogP contribution >= 0.6 is 0 Å². The number of nitrogens with zero attached hydrogens (tertiary/aromatic N) is 2. The van der Waals surface area contributed by atoms with Crippen LogP contribution in [-0.4, -0.2) is 70.7 Å². The molecule has 4 aromatic rings. The van der Waals surface area contributed by atoms with Crippen LogP contribution in [0.1, 0.15) is 78.7 Å². The molecular formula is C43H51N3O6. The van der Waals surface area contributed by atoms with E-state index in [2.05, 4.69) is 87.9 Å². The van der Waals surface area contributed by atoms with Crippen LogP contribution in [0.5, 0.6) is 0 Å². The molecule has 9 heteroatoms. The van der Waals surface area contributed by atoms with Crippen molar-refractivity contribution in [1.29, 1.82) is 0 Å². The Kier molecular flexibility index (Phi) is 13.6. The van der Waals surface area contributed by atoms with Gasteiger partial charge in [-0.3, -0.25) is 19.4 Å². The lowest BCUT2D eigenvalue weighted by Gasteiger charge is -2.41. The Bertz CT molecular complexity index is 1720. The Labute approximate surface area is 307 Å². The van der Waals surface area contributed by atoms with Crippen LogP contribution in [0.15, 0.2) is 103 Å². The van der Waals surface area contributed by atoms with E-state index in [1.165, 1.54) is 5.56 Å². The molecule has 2 heterocycles. The van der Waals surface area contributed by atoms with Crippen LogP contribution in [0.3, 0.4) is 0 Å². The topological polar surface area (TPSA) is 112 Å². The van der Waals surface area contributed by atoms with E-state index in [0.29, 0.717) is 25.8 Å². The smallest absolute Gasteiger partial charge is 0.303 e. The lowest BCUT2D eigenvalue weighted by Crippen LogP contribution is -2.49. The van der Waals surface area contributed by atoms with Crippen LogP contribution in [-0.2, 0) is 38.8 Å². The summed E-state index contributed by atoms with van der Waals surface area (Å²) in [7, 11) is 0. The van der Waals surface area contributed by atoms with E-state index < -0.39 is 12.3 Å². The molecule has 0 bridgehead atoms. The summed E-state index contributed by atoms with van der Waals surface area (Å²) in [6.07, 6.45) is 2.56. The first-order valence-corrected chi connectivity index (χ1v) is 18.6. The van der Waals surface area contributed by atoms with Crippen LogP contribution in [0.2, 0.25) is 0 Å². The second-order valence-corrected chi connectivity index (χ2v) is 14.0. The molecule has 9 nitrogen and oxygen atoms in total. The molecule has 0 spiro atoms. The molecule has 0 radical (unpaired) electrons. The van der Waals surface area contributed by atoms with Gasteiger partial charge in [0.15, 0.2) is 6.29 Å². The van der Waals surface area contributed by atoms with Gasteiger partial charge in [0, 0.05) is 70.6 Å². The van der Waals surface area contributed by atoms with Crippen molar-refractivity contribution in [3.05, 3.63) is 131 Å². The zero-order valence-electron chi connectivity index (χ0n) is 29.9. The van der Waals surface area contributed by atoms with Gasteiger partial charge >= 0.3 is 5.97 Å². The number of aliphatic hydroxyl groups is 1. The minimum atomic E-state index is -0.799. The Hall–Kier alpha value is -4.38. The SMILES string of the molecule is O=C(O)CCCCCC(=O)NCc1cccc(-c2cccc([C@@H]3O[C@H](CN4CCN(Cc5ccccc5)CC4)C[C@H](c4ccc(CO)cc4)O3)c2)c1. The molecule has 0 saturated carbocycles. The number of ether oxygens (including phenoxy) is 2. The standard InChI is InChI=1S/C43H51N3O6/c47-31-33-17-19-35(20-18-33)40-27-39(30-46-23-21-45(22-24-46)29-32-9-3-1-4-10-32)51-43(52-40)38-14-8-13-37(26-38)36-12-7-11-34(25-36)28-44-41(48)15-5-2-6-16-42(49)50/h1,3-4,7-14,17-20,25-26,39-40,43,47H,2,5-6,15-16,21-24,27-31H2,(H,44,48)(H,49,50)/t39-,40+,43+/m0/s1. The summed E-state index contributed by atoms with van der Waals surface area (Å²) < 4.78 is 13.4. The van der Waals surface area contributed by atoms with E-state index in [4.69, 9.17) is 14.6 Å². The van der Waals surface area contributed by atoms with Crippen molar-refractivity contribution >= 4 is 11.9 Å². The number of hydrogen-bond donors (Lipinski definition) is 3. The number of carboxylic acids is 1. The number of rotatable bonds is 16. The fraction of sp³-hybridized carbons (Fsp3) is 0.395. The molecule has 0 unspecified atom stereocenters. The summed E-state index contributed by atoms with van der Waals surface area (Å²) in [6.45, 7) is 6.27. The van der Waals surface area contributed by atoms with Crippen LogP contribution < -0.4 is 5.32 Å². The third-order valence-corrected chi connectivity index (χ3v) is 9.99. The van der Waals surface area contributed by atoms with Gasteiger partial charge in [0.2, 0.25) is 5.91 Å². The molecule has 0 aromatic heterocycles. The maximum absolute atomic E-state index is 12.4. The predicted octanol–water partition coefficient (Wildman–Crippen LogP) is 6.86. The van der Waals surface area contributed by atoms with Crippen LogP contribution in [0.4, 0.5) is 0 Å². The van der Waals surface area contributed by atoms with Gasteiger partial charge < -0.3 is 25.0 Å². The molecule has 2 aliphatic heterocycles. The summed E-state index contributed by atoms with van der Waals surface area (Å²) in [6, 6.07) is 35.2. The Morgan fingerprint density at radius 3 is 2.13 bits per heavy atom. The van der Waals surface area contributed by atoms with Gasteiger partial charge in [-0.2, -0.15) is 0 Å². The first-order valence-electron chi connectivity index (χ1n) is 18.6. The molecule has 274 valence electrons. The molecule has 3 atom stereocenters. The van der Waals surface area contributed by atoms with Gasteiger partial charge in [-0.05, 0) is 58.4 Å². The van der Waals surface area contributed by atoms with Gasteiger partial charge in [0.25, 0.3) is 0 Å². The summed E-state index contributed by atoms with van der Waals surface area (Å²) in [5.74, 6) is -0.828. The zero-order chi connectivity index (χ0) is 36.1. The van der Waals surface area contributed by atoms with E-state index in [9.17, 15) is 14.7 Å². The van der Waals surface area contributed by atoms with Crippen molar-refractivity contribution < 1.29 is 29.3 Å². The molecule has 2 saturated heterocycles. The molecule has 1 amide bonds. The molecule has 2 fully saturated rings. The second-order valence-electron chi connectivity index (χ2n) is 14.0. The molecule has 4 aromatic carbocycles. The highest BCUT2D eigenvalue weighted by Gasteiger charge is 2.34. The average molecular weight is 706 g/mol. The molecule has 6 rings (SSSR count). The third kappa shape index (κ3) is 11.1. The summed E-state index contributed by atoms with van der Waals surface area (Å²) in [5.41, 5.74) is 7.33. The highest BCUT2D eigenvalue weighted by molar-refractivity contribution is 5.76. The lowest BCUT2D eigenvalue weighted by atomic mass is 9.98. The quantitative estimate of drug-likeness (QED) is 0.109. The number of hydrogen-bond acceptors (Lipinski definition) is 7. The summed E-state index contributed by atoms with van der Waals surface area (Å²) in [4.78, 5) is 28.1. The summed E-state index contributed by atoms with van der Waals surface area (Å²) in [5, 5.41) is 21.4. The fourth-order valence-electron chi connectivity index (χ4n) is 7.05. The number of carbonyl (C=O) groups is 2. The highest BCUT2D eigenvalue weighted by atomic mass is 16.7. The van der Waals surface area contributed by atoms with Crippen molar-refractivity contribution in [2.45, 2.75) is 76.7 Å². The number of nitrogens with one attached hydrogen (secondary N) is 1. The first-order chi connectivity index (χ1) is 25.4. The highest BCUT2D eigenvalue weighted by Crippen LogP contribution is 2.39. The fourth-order valence-corrected chi connectivity index (χ4v) is 7.05. The van der Waals surface area contributed by atoms with Crippen molar-refractivity contribution in [3.8, 4) is 11.1 Å². The first kappa shape index (κ1) is 37.4. The number of carboxylic acid groups (broad SMARTS) is 1. The van der Waals surface area contributed by atoms with Gasteiger partial charge in [-0.1, -0.05) is 97.4 Å². The molecular weight excluding hydrogens is 654 g/mol. The number of amides is 1.